The summed E-state index contributed by atoms with van der Waals surface area (Å²) in [6.07, 6.45) is 3.80. The van der Waals surface area contributed by atoms with Crippen LogP contribution in [0.25, 0.3) is 0 Å². The zero-order valence-corrected chi connectivity index (χ0v) is 14.5. The van der Waals surface area contributed by atoms with E-state index in [1.807, 2.05) is 18.7 Å². The predicted octanol–water partition coefficient (Wildman–Crippen LogP) is 1.75. The highest BCUT2D eigenvalue weighted by Crippen LogP contribution is 2.18. The Morgan fingerprint density at radius 1 is 1.21 bits per heavy atom. The minimum absolute atomic E-state index is 0.00720. The molecule has 0 spiro atoms. The molecule has 1 saturated heterocycles. The molecule has 3 rings (SSSR count). The first-order valence-corrected chi connectivity index (χ1v) is 8.30. The van der Waals surface area contributed by atoms with E-state index in [4.69, 9.17) is 11.6 Å². The van der Waals surface area contributed by atoms with Gasteiger partial charge in [-0.2, -0.15) is 0 Å². The second kappa shape index (κ2) is 7.09. The van der Waals surface area contributed by atoms with Gasteiger partial charge in [0.1, 0.15) is 23.1 Å². The summed E-state index contributed by atoms with van der Waals surface area (Å²) in [5, 5.41) is 0.419. The SMILES string of the molecule is CCc1nc(C)ncc1C(=O)N1CCN(c2cc(Cl)ncn2)CC1. The summed E-state index contributed by atoms with van der Waals surface area (Å²) in [6.45, 7) is 6.48. The van der Waals surface area contributed by atoms with Crippen molar-refractivity contribution < 1.29 is 4.79 Å². The predicted molar refractivity (Wildman–Crippen MR) is 91.3 cm³/mol. The molecule has 1 fully saturated rings. The maximum atomic E-state index is 12.8. The van der Waals surface area contributed by atoms with Crippen LogP contribution in [0.5, 0.6) is 0 Å². The van der Waals surface area contributed by atoms with Crippen LogP contribution in [0.2, 0.25) is 5.15 Å². The number of nitrogens with zero attached hydrogens (tertiary/aromatic N) is 6. The van der Waals surface area contributed by atoms with Crippen LogP contribution in [0.15, 0.2) is 18.6 Å². The molecule has 1 aliphatic heterocycles. The van der Waals surface area contributed by atoms with Crippen molar-refractivity contribution in [1.82, 2.24) is 24.8 Å². The molecule has 0 atom stereocenters. The highest BCUT2D eigenvalue weighted by atomic mass is 35.5. The Hall–Kier alpha value is -2.28. The van der Waals surface area contributed by atoms with Gasteiger partial charge in [0.15, 0.2) is 0 Å². The molecule has 2 aromatic rings. The monoisotopic (exact) mass is 346 g/mol. The Morgan fingerprint density at radius 3 is 2.62 bits per heavy atom. The van der Waals surface area contributed by atoms with Gasteiger partial charge in [0.05, 0.1) is 11.3 Å². The quantitative estimate of drug-likeness (QED) is 0.788. The number of hydrogen-bond acceptors (Lipinski definition) is 6. The molecule has 1 aliphatic rings. The molecule has 0 radical (unpaired) electrons. The van der Waals surface area contributed by atoms with Gasteiger partial charge in [-0.05, 0) is 13.3 Å². The minimum Gasteiger partial charge on any atom is -0.353 e. The molecule has 2 aromatic heterocycles. The van der Waals surface area contributed by atoms with Gasteiger partial charge in [0.2, 0.25) is 0 Å². The summed E-state index contributed by atoms with van der Waals surface area (Å²) in [7, 11) is 0. The Morgan fingerprint density at radius 2 is 1.96 bits per heavy atom. The van der Waals surface area contributed by atoms with Gasteiger partial charge in [-0.3, -0.25) is 4.79 Å². The first-order valence-electron chi connectivity index (χ1n) is 7.92. The van der Waals surface area contributed by atoms with Gasteiger partial charge in [-0.1, -0.05) is 18.5 Å². The summed E-state index contributed by atoms with van der Waals surface area (Å²) in [5.41, 5.74) is 1.40. The van der Waals surface area contributed by atoms with Crippen molar-refractivity contribution in [1.29, 1.82) is 0 Å². The lowest BCUT2D eigenvalue weighted by atomic mass is 10.1. The van der Waals surface area contributed by atoms with Gasteiger partial charge in [-0.25, -0.2) is 19.9 Å². The normalized spacial score (nSPS) is 14.8. The summed E-state index contributed by atoms with van der Waals surface area (Å²) in [5.74, 6) is 1.47. The number of rotatable bonds is 3. The summed E-state index contributed by atoms with van der Waals surface area (Å²) >= 11 is 5.91. The molecule has 0 aliphatic carbocycles. The summed E-state index contributed by atoms with van der Waals surface area (Å²) in [4.78, 5) is 33.4. The molecule has 0 aromatic carbocycles. The Balaban J connectivity index is 1.69. The first-order chi connectivity index (χ1) is 11.6. The van der Waals surface area contributed by atoms with E-state index in [2.05, 4.69) is 24.8 Å². The Bertz CT molecular complexity index is 745. The number of aromatic nitrogens is 4. The van der Waals surface area contributed by atoms with E-state index in [-0.39, 0.29) is 5.91 Å². The van der Waals surface area contributed by atoms with E-state index >= 15 is 0 Å². The fourth-order valence-electron chi connectivity index (χ4n) is 2.77. The largest absolute Gasteiger partial charge is 0.353 e. The maximum absolute atomic E-state index is 12.8. The number of carbonyl (C=O) groups excluding carboxylic acids is 1. The smallest absolute Gasteiger partial charge is 0.257 e. The Kier molecular flexibility index (Phi) is 4.89. The summed E-state index contributed by atoms with van der Waals surface area (Å²) < 4.78 is 0. The fraction of sp³-hybridized carbons (Fsp3) is 0.438. The van der Waals surface area contributed by atoms with Crippen LogP contribution < -0.4 is 4.90 Å². The minimum atomic E-state index is -0.00720. The lowest BCUT2D eigenvalue weighted by Gasteiger charge is -2.35. The van der Waals surface area contributed by atoms with Crippen LogP contribution in [0, 0.1) is 6.92 Å². The van der Waals surface area contributed by atoms with Crippen LogP contribution in [0.1, 0.15) is 28.8 Å². The molecule has 0 N–H and O–H groups in total. The van der Waals surface area contributed by atoms with Gasteiger partial charge in [0.25, 0.3) is 5.91 Å². The second-order valence-electron chi connectivity index (χ2n) is 5.61. The molecule has 7 nitrogen and oxygen atoms in total. The zero-order valence-electron chi connectivity index (χ0n) is 13.7. The van der Waals surface area contributed by atoms with Crippen molar-refractivity contribution in [3.8, 4) is 0 Å². The third kappa shape index (κ3) is 3.46. The lowest BCUT2D eigenvalue weighted by Crippen LogP contribution is -2.49. The first kappa shape index (κ1) is 16.6. The van der Waals surface area contributed by atoms with Crippen molar-refractivity contribution in [2.45, 2.75) is 20.3 Å². The van der Waals surface area contributed by atoms with Crippen molar-refractivity contribution in [3.05, 3.63) is 40.8 Å². The number of hydrogen-bond donors (Lipinski definition) is 0. The molecule has 0 saturated carbocycles. The Labute approximate surface area is 145 Å². The van der Waals surface area contributed by atoms with E-state index in [9.17, 15) is 4.79 Å². The third-order valence-corrected chi connectivity index (χ3v) is 4.27. The number of piperazine rings is 1. The number of amides is 1. The van der Waals surface area contributed by atoms with Crippen molar-refractivity contribution in [2.75, 3.05) is 31.1 Å². The van der Waals surface area contributed by atoms with Gasteiger partial charge in [-0.15, -0.1) is 0 Å². The van der Waals surface area contributed by atoms with Gasteiger partial charge >= 0.3 is 0 Å². The van der Waals surface area contributed by atoms with Gasteiger partial charge < -0.3 is 9.80 Å². The van der Waals surface area contributed by atoms with Crippen LogP contribution >= 0.6 is 11.6 Å². The van der Waals surface area contributed by atoms with Gasteiger partial charge in [0, 0.05) is 38.4 Å². The van der Waals surface area contributed by atoms with Crippen LogP contribution in [-0.4, -0.2) is 56.9 Å². The van der Waals surface area contributed by atoms with E-state index in [1.54, 1.807) is 12.3 Å². The molecule has 126 valence electrons. The second-order valence-corrected chi connectivity index (χ2v) is 6.00. The number of halogens is 1. The van der Waals surface area contributed by atoms with E-state index in [1.165, 1.54) is 6.33 Å². The van der Waals surface area contributed by atoms with Crippen LogP contribution in [0.3, 0.4) is 0 Å². The van der Waals surface area contributed by atoms with Crippen molar-refractivity contribution >= 4 is 23.3 Å². The molecular weight excluding hydrogens is 328 g/mol. The van der Waals surface area contributed by atoms with Crippen molar-refractivity contribution in [2.24, 2.45) is 0 Å². The molecule has 8 heteroatoms. The highest BCUT2D eigenvalue weighted by Gasteiger charge is 2.25. The van der Waals surface area contributed by atoms with E-state index in [0.29, 0.717) is 49.1 Å². The fourth-order valence-corrected chi connectivity index (χ4v) is 2.91. The lowest BCUT2D eigenvalue weighted by molar-refractivity contribution is 0.0744. The van der Waals surface area contributed by atoms with Crippen LogP contribution in [-0.2, 0) is 6.42 Å². The number of anilines is 1. The molecule has 1 amide bonds. The summed E-state index contributed by atoms with van der Waals surface area (Å²) in [6, 6.07) is 1.74. The molecule has 24 heavy (non-hydrogen) atoms. The standard InChI is InChI=1S/C16H19ClN6O/c1-3-13-12(9-18-11(2)21-13)16(24)23-6-4-22(5-7-23)15-8-14(17)19-10-20-15/h8-10H,3-7H2,1-2H3. The molecular formula is C16H19ClN6O. The number of carbonyl (C=O) groups is 1. The third-order valence-electron chi connectivity index (χ3n) is 4.06. The highest BCUT2D eigenvalue weighted by molar-refractivity contribution is 6.29. The zero-order chi connectivity index (χ0) is 17.1. The average Bonchev–Trinajstić information content (AvgIpc) is 2.61. The molecule has 3 heterocycles. The maximum Gasteiger partial charge on any atom is 0.257 e. The van der Waals surface area contributed by atoms with E-state index < -0.39 is 0 Å². The number of aryl methyl sites for hydroxylation is 2. The average molecular weight is 347 g/mol. The van der Waals surface area contributed by atoms with E-state index in [0.717, 1.165) is 11.5 Å². The molecule has 0 bridgehead atoms. The topological polar surface area (TPSA) is 75.1 Å². The molecule has 0 unspecified atom stereocenters. The van der Waals surface area contributed by atoms with Crippen molar-refractivity contribution in [3.63, 3.8) is 0 Å². The van der Waals surface area contributed by atoms with Crippen LogP contribution in [0.4, 0.5) is 5.82 Å².